The zero-order valence-corrected chi connectivity index (χ0v) is 20.9. The van der Waals surface area contributed by atoms with E-state index in [2.05, 4.69) is 9.97 Å². The first kappa shape index (κ1) is 27.6. The highest BCUT2D eigenvalue weighted by Crippen LogP contribution is 2.55. The van der Waals surface area contributed by atoms with Crippen molar-refractivity contribution >= 4 is 15.4 Å². The van der Waals surface area contributed by atoms with Crippen LogP contribution in [-0.4, -0.2) is 79.4 Å². The van der Waals surface area contributed by atoms with Crippen molar-refractivity contribution in [3.05, 3.63) is 65.2 Å². The molecule has 1 unspecified atom stereocenters. The van der Waals surface area contributed by atoms with Crippen molar-refractivity contribution in [1.82, 2.24) is 19.1 Å². The van der Waals surface area contributed by atoms with Gasteiger partial charge in [0.1, 0.15) is 37.4 Å². The van der Waals surface area contributed by atoms with Gasteiger partial charge in [0.15, 0.2) is 0 Å². The maximum Gasteiger partial charge on any atom is 0.488 e. The fraction of sp³-hybridized carbons (Fsp3) is 0.600. The predicted octanol–water partition coefficient (Wildman–Crippen LogP) is -2.13. The number of aromatic nitrogens is 4. The molecule has 2 aliphatic rings. The topological polar surface area (TPSA) is 207 Å². The highest BCUT2D eigenvalue weighted by atomic mass is 31.2. The summed E-state index contributed by atoms with van der Waals surface area (Å²) in [5.74, 6) is 0. The van der Waals surface area contributed by atoms with Gasteiger partial charge >= 0.3 is 26.8 Å². The molecule has 0 aliphatic carbocycles. The lowest BCUT2D eigenvalue weighted by atomic mass is 10.2. The Morgan fingerprint density at radius 2 is 1.51 bits per heavy atom. The van der Waals surface area contributed by atoms with Crippen LogP contribution in [0, 0.1) is 13.8 Å². The minimum Gasteiger partial charge on any atom is -0.394 e. The molecule has 5 N–H and O–H groups in total. The van der Waals surface area contributed by atoms with Crippen LogP contribution in [0.25, 0.3) is 0 Å². The second-order valence-corrected chi connectivity index (χ2v) is 10.5. The summed E-state index contributed by atoms with van der Waals surface area (Å²) in [6.07, 6.45) is -3.15. The van der Waals surface area contributed by atoms with Crippen molar-refractivity contribution in [3.8, 4) is 0 Å². The molecular formula is C20H27BN4O11P+. The molecule has 2 fully saturated rings. The molecule has 2 aliphatic heterocycles. The standard InChI is InChI=1S/C20H27BN4O11P/c1-9-5-24(19(30)22-17(9)28)15-3-11(27)14(35-15)8-33-37(21,32)36-12-4-16(34-13(12)7-26)25-6-10(2)18(29)23-20(25)31/h5-6,11-16,26-27,32H,3-4,7-8H2,1-2H3,(H,22,28,30)(H,23,29,31)/q+1/t11-,12-,13-,14-,15-,16-,37?/m1/s1. The van der Waals surface area contributed by atoms with Gasteiger partial charge in [-0.25, -0.2) is 14.5 Å². The van der Waals surface area contributed by atoms with E-state index in [1.54, 1.807) is 0 Å². The highest BCUT2D eigenvalue weighted by molar-refractivity contribution is 7.85. The number of aliphatic hydroxyl groups excluding tert-OH is 2. The molecule has 2 aromatic rings. The van der Waals surface area contributed by atoms with E-state index >= 15 is 0 Å². The van der Waals surface area contributed by atoms with Gasteiger partial charge in [0.2, 0.25) is 0 Å². The minimum atomic E-state index is -4.03. The van der Waals surface area contributed by atoms with E-state index < -0.39 is 80.4 Å². The van der Waals surface area contributed by atoms with Gasteiger partial charge in [-0.3, -0.25) is 28.7 Å². The zero-order chi connectivity index (χ0) is 27.1. The van der Waals surface area contributed by atoms with Crippen LogP contribution in [-0.2, 0) is 18.5 Å². The molecule has 17 heteroatoms. The van der Waals surface area contributed by atoms with Crippen LogP contribution >= 0.6 is 7.82 Å². The summed E-state index contributed by atoms with van der Waals surface area (Å²) in [6.45, 7) is 2.12. The second-order valence-electron chi connectivity index (χ2n) is 8.94. The summed E-state index contributed by atoms with van der Waals surface area (Å²) in [5, 5.41) is 20.1. The van der Waals surface area contributed by atoms with Gasteiger partial charge < -0.3 is 19.7 Å². The third-order valence-electron chi connectivity index (χ3n) is 6.19. The maximum absolute atomic E-state index is 12.2. The number of hydrogen-bond acceptors (Lipinski definition) is 11. The SMILES string of the molecule is [B][P+](O)(OC[C@H]1O[C@@H](n2cc(C)c(=O)[nH]c2=O)C[C@H]1O)O[C@@H]1C[C@H](n2cc(C)c(=O)[nH]c2=O)O[C@@H]1CO. The van der Waals surface area contributed by atoms with Crippen molar-refractivity contribution in [2.45, 2.75) is 63.6 Å². The lowest BCUT2D eigenvalue weighted by Crippen LogP contribution is -2.33. The molecule has 15 nitrogen and oxygen atoms in total. The number of nitrogens with zero attached hydrogens (tertiary/aromatic N) is 2. The van der Waals surface area contributed by atoms with Crippen molar-refractivity contribution in [2.75, 3.05) is 13.2 Å². The third kappa shape index (κ3) is 6.02. The van der Waals surface area contributed by atoms with Crippen molar-refractivity contribution in [2.24, 2.45) is 0 Å². The van der Waals surface area contributed by atoms with Crippen molar-refractivity contribution < 1.29 is 33.6 Å². The molecule has 0 aromatic carbocycles. The van der Waals surface area contributed by atoms with Gasteiger partial charge in [-0.2, -0.15) is 9.05 Å². The van der Waals surface area contributed by atoms with Crippen LogP contribution in [0.1, 0.15) is 36.4 Å². The first-order valence-electron chi connectivity index (χ1n) is 11.4. The Bertz CT molecular complexity index is 1370. The lowest BCUT2D eigenvalue weighted by molar-refractivity contribution is -0.0538. The Labute approximate surface area is 210 Å². The number of H-pyrrole nitrogens is 2. The maximum atomic E-state index is 12.2. The molecule has 4 heterocycles. The molecule has 7 atom stereocenters. The summed E-state index contributed by atoms with van der Waals surface area (Å²) < 4.78 is 24.5. The van der Waals surface area contributed by atoms with Gasteiger partial charge in [0, 0.05) is 36.4 Å². The number of hydrogen-bond donors (Lipinski definition) is 5. The van der Waals surface area contributed by atoms with E-state index in [-0.39, 0.29) is 24.0 Å². The summed E-state index contributed by atoms with van der Waals surface area (Å²) in [6, 6.07) is 0. The van der Waals surface area contributed by atoms with Crippen LogP contribution in [0.2, 0.25) is 0 Å². The number of aromatic amines is 2. The molecule has 2 radical (unpaired) electrons. The van der Waals surface area contributed by atoms with Crippen molar-refractivity contribution in [1.29, 1.82) is 0 Å². The fourth-order valence-corrected chi connectivity index (χ4v) is 5.22. The smallest absolute Gasteiger partial charge is 0.394 e. The number of aryl methyl sites for hydroxylation is 2. The van der Waals surface area contributed by atoms with Gasteiger partial charge in [-0.1, -0.05) is 0 Å². The Morgan fingerprint density at radius 1 is 1.00 bits per heavy atom. The summed E-state index contributed by atoms with van der Waals surface area (Å²) in [4.78, 5) is 62.4. The number of nitrogens with one attached hydrogen (secondary N) is 2. The predicted molar refractivity (Wildman–Crippen MR) is 128 cm³/mol. The lowest BCUT2D eigenvalue weighted by Gasteiger charge is -2.22. The van der Waals surface area contributed by atoms with Crippen LogP contribution in [0.5, 0.6) is 0 Å². The molecule has 2 saturated heterocycles. The molecule has 200 valence electrons. The first-order chi connectivity index (χ1) is 17.4. The highest BCUT2D eigenvalue weighted by Gasteiger charge is 2.48. The van der Waals surface area contributed by atoms with Crippen molar-refractivity contribution in [3.63, 3.8) is 0 Å². The average Bonchev–Trinajstić information content (AvgIpc) is 3.39. The van der Waals surface area contributed by atoms with E-state index in [4.69, 9.17) is 26.1 Å². The molecule has 2 aromatic heterocycles. The Balaban J connectivity index is 1.39. The zero-order valence-electron chi connectivity index (χ0n) is 20.0. The van der Waals surface area contributed by atoms with Gasteiger partial charge in [-0.05, 0) is 13.8 Å². The number of rotatable bonds is 8. The van der Waals surface area contributed by atoms with Crippen LogP contribution in [0.15, 0.2) is 31.6 Å². The normalized spacial score (nSPS) is 29.4. The monoisotopic (exact) mass is 541 g/mol. The molecule has 37 heavy (non-hydrogen) atoms. The van der Waals surface area contributed by atoms with Gasteiger partial charge in [0.25, 0.3) is 11.1 Å². The third-order valence-corrected chi connectivity index (χ3v) is 7.28. The second kappa shape index (κ2) is 10.7. The summed E-state index contributed by atoms with van der Waals surface area (Å²) in [5.41, 5.74) is -1.95. The van der Waals surface area contributed by atoms with E-state index in [0.29, 0.717) is 0 Å². The van der Waals surface area contributed by atoms with E-state index in [9.17, 15) is 34.3 Å². The Morgan fingerprint density at radius 3 is 2.05 bits per heavy atom. The summed E-state index contributed by atoms with van der Waals surface area (Å²) in [7, 11) is 1.81. The van der Waals surface area contributed by atoms with Crippen LogP contribution < -0.4 is 22.5 Å². The largest absolute Gasteiger partial charge is 0.488 e. The molecule has 0 amide bonds. The molecule has 4 rings (SSSR count). The average molecular weight is 541 g/mol. The minimum absolute atomic E-state index is 0.00140. The van der Waals surface area contributed by atoms with Gasteiger partial charge in [-0.15, -0.1) is 0 Å². The van der Waals surface area contributed by atoms with Gasteiger partial charge in [0.05, 0.1) is 12.7 Å². The van der Waals surface area contributed by atoms with Crippen LogP contribution in [0.3, 0.4) is 0 Å². The Hall–Kier alpha value is -2.43. The van der Waals surface area contributed by atoms with Crippen LogP contribution in [0.4, 0.5) is 0 Å². The Kier molecular flexibility index (Phi) is 8.02. The molecule has 0 saturated carbocycles. The molecular weight excluding hydrogens is 514 g/mol. The van der Waals surface area contributed by atoms with E-state index in [1.165, 1.54) is 26.2 Å². The first-order valence-corrected chi connectivity index (χ1v) is 13.0. The molecule has 0 bridgehead atoms. The van der Waals surface area contributed by atoms with E-state index in [1.807, 2.05) is 0 Å². The molecule has 0 spiro atoms. The fourth-order valence-electron chi connectivity index (χ4n) is 4.19. The van der Waals surface area contributed by atoms with E-state index in [0.717, 1.165) is 9.13 Å². The quantitative estimate of drug-likeness (QED) is 0.180. The number of ether oxygens (including phenoxy) is 2. The summed E-state index contributed by atoms with van der Waals surface area (Å²) >= 11 is 0. The number of aliphatic hydroxyl groups is 2.